The molecule has 0 bridgehead atoms. The molecule has 2 heterocycles. The molecule has 4 aromatic rings. The molecular formula is C17H12BrN3O2S. The summed E-state index contributed by atoms with van der Waals surface area (Å²) in [6.07, 6.45) is 0. The van der Waals surface area contributed by atoms with E-state index < -0.39 is 0 Å². The first kappa shape index (κ1) is 15.2. The Morgan fingerprint density at radius 1 is 1.25 bits per heavy atom. The number of nitrogens with one attached hydrogen (secondary N) is 2. The molecule has 0 radical (unpaired) electrons. The van der Waals surface area contributed by atoms with Gasteiger partial charge in [0.2, 0.25) is 0 Å². The lowest BCUT2D eigenvalue weighted by Crippen LogP contribution is -2.13. The smallest absolute Gasteiger partial charge is 0.268 e. The molecule has 0 fully saturated rings. The lowest BCUT2D eigenvalue weighted by molar-refractivity contribution is 0.475. The largest absolute Gasteiger partial charge is 0.508 e. The zero-order valence-electron chi connectivity index (χ0n) is 12.3. The van der Waals surface area contributed by atoms with E-state index in [0.29, 0.717) is 22.6 Å². The molecular weight excluding hydrogens is 390 g/mol. The Balaban J connectivity index is 1.75. The fourth-order valence-electron chi connectivity index (χ4n) is 2.56. The average molecular weight is 402 g/mol. The summed E-state index contributed by atoms with van der Waals surface area (Å²) in [5.41, 5.74) is 1.34. The number of benzene rings is 2. The molecule has 24 heavy (non-hydrogen) atoms. The van der Waals surface area contributed by atoms with Crippen molar-refractivity contribution in [3.63, 3.8) is 0 Å². The molecule has 0 amide bonds. The predicted molar refractivity (Wildman–Crippen MR) is 101 cm³/mol. The van der Waals surface area contributed by atoms with Gasteiger partial charge >= 0.3 is 0 Å². The van der Waals surface area contributed by atoms with E-state index in [1.807, 2.05) is 24.3 Å². The number of aromatic hydroxyl groups is 1. The Hall–Kier alpha value is -2.38. The summed E-state index contributed by atoms with van der Waals surface area (Å²) in [6.45, 7) is 0.361. The highest BCUT2D eigenvalue weighted by Gasteiger charge is 2.11. The zero-order valence-corrected chi connectivity index (χ0v) is 14.7. The number of halogens is 1. The topological polar surface area (TPSA) is 78.0 Å². The van der Waals surface area contributed by atoms with Gasteiger partial charge in [0.05, 0.1) is 12.1 Å². The molecule has 0 saturated carbocycles. The first-order valence-corrected chi connectivity index (χ1v) is 8.85. The van der Waals surface area contributed by atoms with E-state index >= 15 is 0 Å². The van der Waals surface area contributed by atoms with Gasteiger partial charge in [0, 0.05) is 26.3 Å². The third-order valence-corrected chi connectivity index (χ3v) is 5.29. The van der Waals surface area contributed by atoms with Gasteiger partial charge in [0.15, 0.2) is 0 Å². The Labute approximate surface area is 149 Å². The molecule has 0 atom stereocenters. The van der Waals surface area contributed by atoms with Crippen LogP contribution in [0.2, 0.25) is 0 Å². The monoisotopic (exact) mass is 401 g/mol. The molecule has 7 heteroatoms. The standard InChI is InChI=1S/C17H12BrN3O2S/c18-9-4-5-13-12(6-9)15-16(24-13)17(23)21-14(20-15)8-19-10-2-1-3-11(22)7-10/h1-7,19,22H,8H2,(H,20,21,23). The SMILES string of the molecule is O=c1[nH]c(CNc2cccc(O)c2)nc2c1sc1ccc(Br)cc12. The summed E-state index contributed by atoms with van der Waals surface area (Å²) < 4.78 is 2.62. The number of hydrogen-bond acceptors (Lipinski definition) is 5. The van der Waals surface area contributed by atoms with Crippen LogP contribution in [0, 0.1) is 0 Å². The molecule has 3 N–H and O–H groups in total. The summed E-state index contributed by atoms with van der Waals surface area (Å²) in [6, 6.07) is 12.7. The van der Waals surface area contributed by atoms with E-state index in [9.17, 15) is 9.90 Å². The van der Waals surface area contributed by atoms with Crippen molar-refractivity contribution >= 4 is 53.3 Å². The summed E-state index contributed by atoms with van der Waals surface area (Å²) in [4.78, 5) is 19.8. The van der Waals surface area contributed by atoms with Gasteiger partial charge in [-0.1, -0.05) is 22.0 Å². The van der Waals surface area contributed by atoms with Crippen molar-refractivity contribution in [1.29, 1.82) is 0 Å². The number of hydrogen-bond donors (Lipinski definition) is 3. The van der Waals surface area contributed by atoms with Crippen LogP contribution in [-0.2, 0) is 6.54 Å². The highest BCUT2D eigenvalue weighted by Crippen LogP contribution is 2.32. The molecule has 2 aromatic heterocycles. The Morgan fingerprint density at radius 3 is 2.96 bits per heavy atom. The highest BCUT2D eigenvalue weighted by atomic mass is 79.9. The number of aromatic amines is 1. The summed E-state index contributed by atoms with van der Waals surface area (Å²) in [7, 11) is 0. The molecule has 0 aliphatic carbocycles. The minimum atomic E-state index is -0.134. The van der Waals surface area contributed by atoms with Crippen molar-refractivity contribution in [3.8, 4) is 5.75 Å². The minimum Gasteiger partial charge on any atom is -0.508 e. The van der Waals surface area contributed by atoms with Crippen LogP contribution in [0.25, 0.3) is 20.3 Å². The van der Waals surface area contributed by atoms with Gasteiger partial charge < -0.3 is 15.4 Å². The maximum Gasteiger partial charge on any atom is 0.268 e. The number of phenolic OH excluding ortho intramolecular Hbond substituents is 1. The third-order valence-electron chi connectivity index (χ3n) is 3.64. The maximum absolute atomic E-state index is 12.4. The predicted octanol–water partition coefficient (Wildman–Crippen LogP) is 4.22. The number of aromatic nitrogens is 2. The number of fused-ring (bicyclic) bond motifs is 3. The molecule has 0 aliphatic heterocycles. The summed E-state index contributed by atoms with van der Waals surface area (Å²) in [5, 5.41) is 13.6. The lowest BCUT2D eigenvalue weighted by atomic mass is 10.2. The van der Waals surface area contributed by atoms with Crippen LogP contribution in [-0.4, -0.2) is 15.1 Å². The molecule has 4 rings (SSSR count). The fourth-order valence-corrected chi connectivity index (χ4v) is 3.94. The van der Waals surface area contributed by atoms with Gasteiger partial charge in [-0.2, -0.15) is 0 Å². The number of rotatable bonds is 3. The van der Waals surface area contributed by atoms with Crippen LogP contribution in [0.1, 0.15) is 5.82 Å². The number of H-pyrrole nitrogens is 1. The fraction of sp³-hybridized carbons (Fsp3) is 0.0588. The van der Waals surface area contributed by atoms with Gasteiger partial charge in [0.25, 0.3) is 5.56 Å². The van der Waals surface area contributed by atoms with E-state index in [1.165, 1.54) is 11.3 Å². The average Bonchev–Trinajstić information content (AvgIpc) is 2.92. The quantitative estimate of drug-likeness (QED) is 0.480. The van der Waals surface area contributed by atoms with Crippen LogP contribution in [0.5, 0.6) is 5.75 Å². The minimum absolute atomic E-state index is 0.134. The molecule has 0 saturated heterocycles. The van der Waals surface area contributed by atoms with Crippen molar-refractivity contribution in [3.05, 3.63) is 63.1 Å². The van der Waals surface area contributed by atoms with Gasteiger partial charge in [-0.15, -0.1) is 11.3 Å². The van der Waals surface area contributed by atoms with Crippen molar-refractivity contribution in [2.24, 2.45) is 0 Å². The van der Waals surface area contributed by atoms with Crippen LogP contribution >= 0.6 is 27.3 Å². The van der Waals surface area contributed by atoms with Gasteiger partial charge in [-0.3, -0.25) is 4.79 Å². The summed E-state index contributed by atoms with van der Waals surface area (Å²) >= 11 is 4.90. The normalized spacial score (nSPS) is 11.2. The van der Waals surface area contributed by atoms with Gasteiger partial charge in [-0.25, -0.2) is 4.98 Å². The second-order valence-electron chi connectivity index (χ2n) is 5.34. The number of nitrogens with zero attached hydrogens (tertiary/aromatic N) is 1. The number of anilines is 1. The van der Waals surface area contributed by atoms with Gasteiger partial charge in [0.1, 0.15) is 16.3 Å². The van der Waals surface area contributed by atoms with Gasteiger partial charge in [-0.05, 0) is 30.3 Å². The molecule has 0 aliphatic rings. The lowest BCUT2D eigenvalue weighted by Gasteiger charge is -2.06. The van der Waals surface area contributed by atoms with Crippen molar-refractivity contribution < 1.29 is 5.11 Å². The molecule has 0 unspecified atom stereocenters. The number of phenols is 1. The third kappa shape index (κ3) is 2.76. The zero-order chi connectivity index (χ0) is 16.7. The molecule has 2 aromatic carbocycles. The first-order chi connectivity index (χ1) is 11.6. The molecule has 0 spiro atoms. The van der Waals surface area contributed by atoms with E-state index in [4.69, 9.17) is 0 Å². The first-order valence-electron chi connectivity index (χ1n) is 7.24. The molecule has 5 nitrogen and oxygen atoms in total. The second-order valence-corrected chi connectivity index (χ2v) is 7.30. The van der Waals surface area contributed by atoms with E-state index in [0.717, 1.165) is 20.2 Å². The van der Waals surface area contributed by atoms with E-state index in [1.54, 1.807) is 18.2 Å². The van der Waals surface area contributed by atoms with Crippen molar-refractivity contribution in [2.45, 2.75) is 6.54 Å². The van der Waals surface area contributed by atoms with E-state index in [-0.39, 0.29) is 11.3 Å². The highest BCUT2D eigenvalue weighted by molar-refractivity contribution is 9.10. The Morgan fingerprint density at radius 2 is 2.12 bits per heavy atom. The molecule has 120 valence electrons. The Kier molecular flexibility index (Phi) is 3.74. The van der Waals surface area contributed by atoms with E-state index in [2.05, 4.69) is 31.2 Å². The summed E-state index contributed by atoms with van der Waals surface area (Å²) in [5.74, 6) is 0.737. The van der Waals surface area contributed by atoms with Crippen LogP contribution in [0.3, 0.4) is 0 Å². The van der Waals surface area contributed by atoms with Crippen LogP contribution in [0.15, 0.2) is 51.7 Å². The van der Waals surface area contributed by atoms with Crippen LogP contribution in [0.4, 0.5) is 5.69 Å². The van der Waals surface area contributed by atoms with Crippen LogP contribution < -0.4 is 10.9 Å². The van der Waals surface area contributed by atoms with Crippen molar-refractivity contribution in [1.82, 2.24) is 9.97 Å². The maximum atomic E-state index is 12.4. The Bertz CT molecular complexity index is 1120. The van der Waals surface area contributed by atoms with Crippen molar-refractivity contribution in [2.75, 3.05) is 5.32 Å². The second kappa shape index (κ2) is 5.92. The number of thiophene rings is 1.